The monoisotopic (exact) mass is 366 g/mol. The third-order valence-electron chi connectivity index (χ3n) is 3.62. The fourth-order valence-electron chi connectivity index (χ4n) is 2.41. The standard InChI is InChI=1S/C18H22N8O/c1-3-19-18-23-13(2)11-16(24-18)20-9-10-21-17(27)15-12-22-26(25-15)14-7-5-4-6-8-14/h4-8,11-12H,3,9-10H2,1-2H3,(H,21,27)(H2,19,20,23,24). The third-order valence-corrected chi connectivity index (χ3v) is 3.62. The predicted octanol–water partition coefficient (Wildman–Crippen LogP) is 1.64. The van der Waals surface area contributed by atoms with Gasteiger partial charge in [0.1, 0.15) is 5.82 Å². The lowest BCUT2D eigenvalue weighted by atomic mass is 10.3. The Morgan fingerprint density at radius 1 is 1.11 bits per heavy atom. The van der Waals surface area contributed by atoms with Gasteiger partial charge in [-0.3, -0.25) is 4.79 Å². The van der Waals surface area contributed by atoms with Gasteiger partial charge in [0.05, 0.1) is 11.9 Å². The van der Waals surface area contributed by atoms with Crippen LogP contribution in [0, 0.1) is 6.92 Å². The molecule has 0 atom stereocenters. The second-order valence-electron chi connectivity index (χ2n) is 5.79. The van der Waals surface area contributed by atoms with Crippen LogP contribution in [0.3, 0.4) is 0 Å². The lowest BCUT2D eigenvalue weighted by Gasteiger charge is -2.09. The van der Waals surface area contributed by atoms with Gasteiger partial charge in [-0.2, -0.15) is 14.9 Å². The van der Waals surface area contributed by atoms with Crippen molar-refractivity contribution in [3.63, 3.8) is 0 Å². The summed E-state index contributed by atoms with van der Waals surface area (Å²) in [5.41, 5.74) is 1.94. The number of nitrogens with zero attached hydrogens (tertiary/aromatic N) is 5. The fraction of sp³-hybridized carbons (Fsp3) is 0.278. The average Bonchev–Trinajstić information content (AvgIpc) is 3.16. The Labute approximate surface area is 157 Å². The Hall–Kier alpha value is -3.49. The first-order chi connectivity index (χ1) is 13.2. The molecule has 9 nitrogen and oxygen atoms in total. The van der Waals surface area contributed by atoms with Crippen molar-refractivity contribution in [1.29, 1.82) is 0 Å². The van der Waals surface area contributed by atoms with Crippen LogP contribution in [0.2, 0.25) is 0 Å². The summed E-state index contributed by atoms with van der Waals surface area (Å²) in [6.07, 6.45) is 1.45. The van der Waals surface area contributed by atoms with Gasteiger partial charge in [0.15, 0.2) is 5.69 Å². The van der Waals surface area contributed by atoms with Gasteiger partial charge < -0.3 is 16.0 Å². The summed E-state index contributed by atoms with van der Waals surface area (Å²) >= 11 is 0. The molecule has 3 N–H and O–H groups in total. The molecule has 27 heavy (non-hydrogen) atoms. The number of carbonyl (C=O) groups is 1. The number of para-hydroxylation sites is 1. The molecule has 3 aromatic rings. The van der Waals surface area contributed by atoms with E-state index in [0.29, 0.717) is 24.9 Å². The third kappa shape index (κ3) is 5.00. The molecule has 0 fully saturated rings. The Balaban J connectivity index is 1.50. The number of rotatable bonds is 8. The van der Waals surface area contributed by atoms with Crippen molar-refractivity contribution in [1.82, 2.24) is 30.3 Å². The molecule has 9 heteroatoms. The summed E-state index contributed by atoms with van der Waals surface area (Å²) in [5.74, 6) is 1.02. The molecule has 0 saturated heterocycles. The van der Waals surface area contributed by atoms with Crippen LogP contribution < -0.4 is 16.0 Å². The van der Waals surface area contributed by atoms with Gasteiger partial charge in [-0.15, -0.1) is 5.10 Å². The van der Waals surface area contributed by atoms with E-state index in [1.54, 1.807) is 0 Å². The number of carbonyl (C=O) groups excluding carboxylic acids is 1. The highest BCUT2D eigenvalue weighted by Crippen LogP contribution is 2.09. The highest BCUT2D eigenvalue weighted by molar-refractivity contribution is 5.91. The smallest absolute Gasteiger partial charge is 0.273 e. The van der Waals surface area contributed by atoms with Crippen molar-refractivity contribution in [2.45, 2.75) is 13.8 Å². The molecule has 1 amide bonds. The Bertz CT molecular complexity index is 893. The van der Waals surface area contributed by atoms with Gasteiger partial charge in [0, 0.05) is 31.4 Å². The van der Waals surface area contributed by atoms with Gasteiger partial charge in [-0.1, -0.05) is 18.2 Å². The van der Waals surface area contributed by atoms with Crippen LogP contribution in [0.4, 0.5) is 11.8 Å². The van der Waals surface area contributed by atoms with Crippen LogP contribution >= 0.6 is 0 Å². The summed E-state index contributed by atoms with van der Waals surface area (Å²) in [6.45, 7) is 5.60. The number of hydrogen-bond donors (Lipinski definition) is 3. The van der Waals surface area contributed by atoms with E-state index >= 15 is 0 Å². The van der Waals surface area contributed by atoms with Crippen LogP contribution in [0.25, 0.3) is 5.69 Å². The molecule has 140 valence electrons. The van der Waals surface area contributed by atoms with Gasteiger partial charge in [0.2, 0.25) is 5.95 Å². The molecule has 0 aliphatic heterocycles. The van der Waals surface area contributed by atoms with Gasteiger partial charge in [0.25, 0.3) is 5.91 Å². The maximum atomic E-state index is 12.2. The van der Waals surface area contributed by atoms with Crippen LogP contribution in [0.15, 0.2) is 42.6 Å². The second kappa shape index (κ2) is 8.75. The molecule has 0 unspecified atom stereocenters. The Morgan fingerprint density at radius 3 is 2.70 bits per heavy atom. The first-order valence-corrected chi connectivity index (χ1v) is 8.75. The summed E-state index contributed by atoms with van der Waals surface area (Å²) in [7, 11) is 0. The van der Waals surface area contributed by atoms with Gasteiger partial charge in [-0.05, 0) is 26.0 Å². The molecule has 0 saturated carbocycles. The summed E-state index contributed by atoms with van der Waals surface area (Å²) in [5, 5.41) is 17.4. The van der Waals surface area contributed by atoms with Crippen molar-refractivity contribution >= 4 is 17.7 Å². The Kier molecular flexibility index (Phi) is 5.93. The zero-order valence-electron chi connectivity index (χ0n) is 15.3. The summed E-state index contributed by atoms with van der Waals surface area (Å²) < 4.78 is 0. The van der Waals surface area contributed by atoms with Crippen LogP contribution in [0.5, 0.6) is 0 Å². The largest absolute Gasteiger partial charge is 0.368 e. The first kappa shape index (κ1) is 18.3. The molecule has 1 aromatic carbocycles. The van der Waals surface area contributed by atoms with E-state index in [-0.39, 0.29) is 11.6 Å². The zero-order chi connectivity index (χ0) is 19.1. The molecule has 0 aliphatic rings. The van der Waals surface area contributed by atoms with Crippen molar-refractivity contribution < 1.29 is 4.79 Å². The molecule has 0 radical (unpaired) electrons. The van der Waals surface area contributed by atoms with E-state index in [2.05, 4.69) is 36.1 Å². The number of hydrogen-bond acceptors (Lipinski definition) is 7. The molecule has 0 aliphatic carbocycles. The van der Waals surface area contributed by atoms with E-state index in [4.69, 9.17) is 0 Å². The number of amides is 1. The normalized spacial score (nSPS) is 10.4. The number of anilines is 2. The zero-order valence-corrected chi connectivity index (χ0v) is 15.3. The van der Waals surface area contributed by atoms with E-state index in [0.717, 1.165) is 17.9 Å². The average molecular weight is 366 g/mol. The highest BCUT2D eigenvalue weighted by Gasteiger charge is 2.10. The van der Waals surface area contributed by atoms with Crippen LogP contribution in [0.1, 0.15) is 23.1 Å². The number of aromatic nitrogens is 5. The molecular weight excluding hydrogens is 344 g/mol. The van der Waals surface area contributed by atoms with Gasteiger partial charge in [-0.25, -0.2) is 4.98 Å². The van der Waals surface area contributed by atoms with Crippen LogP contribution in [-0.2, 0) is 0 Å². The van der Waals surface area contributed by atoms with Crippen molar-refractivity contribution in [3.8, 4) is 5.69 Å². The lowest BCUT2D eigenvalue weighted by Crippen LogP contribution is -2.29. The van der Waals surface area contributed by atoms with E-state index in [1.165, 1.54) is 11.0 Å². The van der Waals surface area contributed by atoms with E-state index in [1.807, 2.05) is 50.2 Å². The summed E-state index contributed by atoms with van der Waals surface area (Å²) in [4.78, 5) is 22.3. The van der Waals surface area contributed by atoms with Crippen molar-refractivity contribution in [2.24, 2.45) is 0 Å². The Morgan fingerprint density at radius 2 is 1.93 bits per heavy atom. The van der Waals surface area contributed by atoms with E-state index in [9.17, 15) is 4.79 Å². The first-order valence-electron chi connectivity index (χ1n) is 8.75. The maximum Gasteiger partial charge on any atom is 0.273 e. The van der Waals surface area contributed by atoms with Crippen molar-refractivity contribution in [3.05, 3.63) is 54.0 Å². The van der Waals surface area contributed by atoms with Crippen molar-refractivity contribution in [2.75, 3.05) is 30.3 Å². The number of aryl methyl sites for hydroxylation is 1. The highest BCUT2D eigenvalue weighted by atomic mass is 16.2. The SMILES string of the molecule is CCNc1nc(C)cc(NCCNC(=O)c2cnn(-c3ccccc3)n2)n1. The molecule has 0 spiro atoms. The minimum absolute atomic E-state index is 0.270. The number of benzene rings is 1. The maximum absolute atomic E-state index is 12.2. The minimum Gasteiger partial charge on any atom is -0.368 e. The van der Waals surface area contributed by atoms with Gasteiger partial charge >= 0.3 is 0 Å². The molecule has 0 bridgehead atoms. The second-order valence-corrected chi connectivity index (χ2v) is 5.79. The summed E-state index contributed by atoms with van der Waals surface area (Å²) in [6, 6.07) is 11.3. The topological polar surface area (TPSA) is 110 Å². The van der Waals surface area contributed by atoms with E-state index < -0.39 is 0 Å². The molecular formula is C18H22N8O. The fourth-order valence-corrected chi connectivity index (χ4v) is 2.41. The molecule has 3 rings (SSSR count). The van der Waals surface area contributed by atoms with Crippen LogP contribution in [-0.4, -0.2) is 50.5 Å². The minimum atomic E-state index is -0.272. The molecule has 2 heterocycles. The number of nitrogens with one attached hydrogen (secondary N) is 3. The quantitative estimate of drug-likeness (QED) is 0.520. The predicted molar refractivity (Wildman–Crippen MR) is 103 cm³/mol. The molecule has 2 aromatic heterocycles. The lowest BCUT2D eigenvalue weighted by molar-refractivity contribution is 0.0950.